The summed E-state index contributed by atoms with van der Waals surface area (Å²) in [5.41, 5.74) is 4.77. The maximum Gasteiger partial charge on any atom is 0.339 e. The predicted octanol–water partition coefficient (Wildman–Crippen LogP) is 1.18. The standard InChI is InChI=1S/C13H15ClN2O6/c1-3-21-9-5-7(4-8(14)10(9)17)12(19)22-6(2)11(18)16-13(15)20/h4-6,17H,3H2,1-2H3,(H3,15,16,18,20)/t6-/m1/s1. The highest BCUT2D eigenvalue weighted by atomic mass is 35.5. The van der Waals surface area contributed by atoms with Gasteiger partial charge in [0.1, 0.15) is 0 Å². The number of phenolic OH excluding ortho intramolecular Hbond substituents is 1. The number of nitrogens with one attached hydrogen (secondary N) is 1. The number of imide groups is 1. The number of carbonyl (C=O) groups is 3. The van der Waals surface area contributed by atoms with Gasteiger partial charge >= 0.3 is 12.0 Å². The number of hydrogen-bond donors (Lipinski definition) is 3. The summed E-state index contributed by atoms with van der Waals surface area (Å²) < 4.78 is 10.0. The lowest BCUT2D eigenvalue weighted by Gasteiger charge is -2.13. The van der Waals surface area contributed by atoms with E-state index >= 15 is 0 Å². The van der Waals surface area contributed by atoms with Crippen LogP contribution in [-0.4, -0.2) is 35.7 Å². The molecule has 0 spiro atoms. The summed E-state index contributed by atoms with van der Waals surface area (Å²) in [4.78, 5) is 33.9. The molecule has 1 atom stereocenters. The van der Waals surface area contributed by atoms with E-state index in [1.54, 1.807) is 12.2 Å². The Labute approximate surface area is 131 Å². The molecule has 0 aliphatic heterocycles. The molecule has 0 aromatic heterocycles. The molecule has 0 saturated carbocycles. The van der Waals surface area contributed by atoms with Crippen molar-refractivity contribution < 1.29 is 29.0 Å². The third kappa shape index (κ3) is 4.52. The van der Waals surface area contributed by atoms with Gasteiger partial charge in [-0.3, -0.25) is 10.1 Å². The molecule has 120 valence electrons. The fraction of sp³-hybridized carbons (Fsp3) is 0.308. The Balaban J connectivity index is 2.89. The minimum Gasteiger partial charge on any atom is -0.503 e. The minimum absolute atomic E-state index is 0.0104. The van der Waals surface area contributed by atoms with Gasteiger partial charge in [-0.15, -0.1) is 0 Å². The molecule has 9 heteroatoms. The first-order valence-electron chi connectivity index (χ1n) is 6.22. The van der Waals surface area contributed by atoms with Crippen LogP contribution in [0.3, 0.4) is 0 Å². The molecule has 0 heterocycles. The van der Waals surface area contributed by atoms with E-state index in [1.165, 1.54) is 19.1 Å². The molecule has 0 bridgehead atoms. The lowest BCUT2D eigenvalue weighted by molar-refractivity contribution is -0.127. The van der Waals surface area contributed by atoms with Crippen molar-refractivity contribution in [3.05, 3.63) is 22.7 Å². The SMILES string of the molecule is CCOc1cc(C(=O)O[C@H](C)C(=O)NC(N)=O)cc(Cl)c1O. The van der Waals surface area contributed by atoms with Crippen LogP contribution in [0, 0.1) is 0 Å². The first kappa shape index (κ1) is 17.6. The molecule has 0 radical (unpaired) electrons. The van der Waals surface area contributed by atoms with E-state index in [0.29, 0.717) is 0 Å². The third-order valence-electron chi connectivity index (χ3n) is 2.46. The molecule has 0 aliphatic carbocycles. The fourth-order valence-electron chi connectivity index (χ4n) is 1.46. The maximum atomic E-state index is 12.0. The zero-order chi connectivity index (χ0) is 16.9. The van der Waals surface area contributed by atoms with E-state index in [2.05, 4.69) is 0 Å². The lowest BCUT2D eigenvalue weighted by atomic mass is 10.2. The second kappa shape index (κ2) is 7.51. The van der Waals surface area contributed by atoms with Gasteiger partial charge in [0.25, 0.3) is 5.91 Å². The monoisotopic (exact) mass is 330 g/mol. The van der Waals surface area contributed by atoms with Crippen LogP contribution in [0.25, 0.3) is 0 Å². The highest BCUT2D eigenvalue weighted by Crippen LogP contribution is 2.35. The van der Waals surface area contributed by atoms with Gasteiger partial charge in [-0.05, 0) is 26.0 Å². The highest BCUT2D eigenvalue weighted by Gasteiger charge is 2.22. The number of hydrogen-bond acceptors (Lipinski definition) is 6. The van der Waals surface area contributed by atoms with Crippen LogP contribution in [-0.2, 0) is 9.53 Å². The van der Waals surface area contributed by atoms with E-state index in [1.807, 2.05) is 0 Å². The predicted molar refractivity (Wildman–Crippen MR) is 76.9 cm³/mol. The molecule has 1 rings (SSSR count). The Morgan fingerprint density at radius 2 is 2.05 bits per heavy atom. The summed E-state index contributed by atoms with van der Waals surface area (Å²) in [6.07, 6.45) is -1.25. The number of urea groups is 1. The summed E-state index contributed by atoms with van der Waals surface area (Å²) in [6, 6.07) is 1.34. The zero-order valence-electron chi connectivity index (χ0n) is 11.9. The van der Waals surface area contributed by atoms with Crippen LogP contribution in [0.5, 0.6) is 11.5 Å². The number of esters is 1. The number of benzene rings is 1. The number of ether oxygens (including phenoxy) is 2. The molecule has 0 unspecified atom stereocenters. The van der Waals surface area contributed by atoms with Gasteiger partial charge in [-0.1, -0.05) is 11.6 Å². The highest BCUT2D eigenvalue weighted by molar-refractivity contribution is 6.32. The molecule has 0 saturated heterocycles. The number of rotatable bonds is 5. The Morgan fingerprint density at radius 3 is 2.59 bits per heavy atom. The Morgan fingerprint density at radius 1 is 1.41 bits per heavy atom. The van der Waals surface area contributed by atoms with Crippen molar-refractivity contribution in [1.82, 2.24) is 5.32 Å². The molecule has 0 fully saturated rings. The van der Waals surface area contributed by atoms with Crippen LogP contribution in [0.15, 0.2) is 12.1 Å². The zero-order valence-corrected chi connectivity index (χ0v) is 12.6. The number of aromatic hydroxyl groups is 1. The van der Waals surface area contributed by atoms with Crippen molar-refractivity contribution in [2.75, 3.05) is 6.61 Å². The summed E-state index contributed by atoms with van der Waals surface area (Å²) in [6.45, 7) is 3.20. The second-order valence-corrected chi connectivity index (χ2v) is 4.55. The van der Waals surface area contributed by atoms with Gasteiger partial charge in [-0.2, -0.15) is 0 Å². The quantitative estimate of drug-likeness (QED) is 0.695. The first-order valence-corrected chi connectivity index (χ1v) is 6.60. The Hall–Kier alpha value is -2.48. The molecule has 1 aromatic rings. The molecule has 0 aliphatic rings. The van der Waals surface area contributed by atoms with Crippen molar-refractivity contribution in [3.63, 3.8) is 0 Å². The fourth-order valence-corrected chi connectivity index (χ4v) is 1.67. The number of primary amides is 1. The van der Waals surface area contributed by atoms with Gasteiger partial charge in [-0.25, -0.2) is 9.59 Å². The van der Waals surface area contributed by atoms with Crippen molar-refractivity contribution >= 4 is 29.5 Å². The Kier molecular flexibility index (Phi) is 6.00. The van der Waals surface area contributed by atoms with Crippen molar-refractivity contribution in [2.45, 2.75) is 20.0 Å². The van der Waals surface area contributed by atoms with Crippen LogP contribution < -0.4 is 15.8 Å². The van der Waals surface area contributed by atoms with Gasteiger partial charge < -0.3 is 20.3 Å². The normalized spacial score (nSPS) is 11.4. The summed E-state index contributed by atoms with van der Waals surface area (Å²) in [5, 5.41) is 11.4. The number of phenols is 1. The average Bonchev–Trinajstić information content (AvgIpc) is 2.42. The minimum atomic E-state index is -1.25. The van der Waals surface area contributed by atoms with E-state index in [9.17, 15) is 19.5 Å². The van der Waals surface area contributed by atoms with Crippen molar-refractivity contribution in [2.24, 2.45) is 5.73 Å². The van der Waals surface area contributed by atoms with Gasteiger partial charge in [0.2, 0.25) is 0 Å². The van der Waals surface area contributed by atoms with Crippen molar-refractivity contribution in [3.8, 4) is 11.5 Å². The van der Waals surface area contributed by atoms with Crippen LogP contribution in [0.4, 0.5) is 4.79 Å². The van der Waals surface area contributed by atoms with Gasteiger partial charge in [0, 0.05) is 0 Å². The summed E-state index contributed by atoms with van der Waals surface area (Å²) in [7, 11) is 0. The summed E-state index contributed by atoms with van der Waals surface area (Å²) >= 11 is 5.79. The van der Waals surface area contributed by atoms with E-state index < -0.39 is 24.0 Å². The molecular formula is C13H15ClN2O6. The molecular weight excluding hydrogens is 316 g/mol. The first-order chi connectivity index (χ1) is 10.3. The molecule has 8 nitrogen and oxygen atoms in total. The van der Waals surface area contributed by atoms with Crippen LogP contribution >= 0.6 is 11.6 Å². The number of carbonyl (C=O) groups excluding carboxylic acids is 3. The smallest absolute Gasteiger partial charge is 0.339 e. The van der Waals surface area contributed by atoms with E-state index in [4.69, 9.17) is 26.8 Å². The van der Waals surface area contributed by atoms with Crippen LogP contribution in [0.1, 0.15) is 24.2 Å². The molecule has 4 N–H and O–H groups in total. The van der Waals surface area contributed by atoms with Crippen LogP contribution in [0.2, 0.25) is 5.02 Å². The van der Waals surface area contributed by atoms with E-state index in [-0.39, 0.29) is 28.7 Å². The number of amides is 3. The van der Waals surface area contributed by atoms with Gasteiger partial charge in [0.05, 0.1) is 17.2 Å². The molecule has 1 aromatic carbocycles. The number of nitrogens with two attached hydrogens (primary N) is 1. The molecule has 22 heavy (non-hydrogen) atoms. The Bertz CT molecular complexity index is 604. The maximum absolute atomic E-state index is 12.0. The third-order valence-corrected chi connectivity index (χ3v) is 2.75. The lowest BCUT2D eigenvalue weighted by Crippen LogP contribution is -2.42. The second-order valence-electron chi connectivity index (χ2n) is 4.14. The topological polar surface area (TPSA) is 128 Å². The number of halogens is 1. The average molecular weight is 331 g/mol. The van der Waals surface area contributed by atoms with Gasteiger partial charge in [0.15, 0.2) is 17.6 Å². The van der Waals surface area contributed by atoms with E-state index in [0.717, 1.165) is 0 Å². The van der Waals surface area contributed by atoms with Crippen molar-refractivity contribution in [1.29, 1.82) is 0 Å². The largest absolute Gasteiger partial charge is 0.503 e. The molecule has 3 amide bonds. The summed E-state index contributed by atoms with van der Waals surface area (Å²) in [5.74, 6) is -2.04.